The lowest BCUT2D eigenvalue weighted by Crippen LogP contribution is -2.49. The van der Waals surface area contributed by atoms with Crippen LogP contribution in [0.1, 0.15) is 49.4 Å². The zero-order valence-electron chi connectivity index (χ0n) is 17.4. The molecule has 0 saturated carbocycles. The number of hydrogen-bond acceptors (Lipinski definition) is 5. The standard InChI is InChI=1S/C22H29ClN4O2S/c1-15-22(16(2)26-25-15)30(28,29)27-10-8-19(9-11-27)21-7-6-18(14-24-21)12-17-4-3-5-20(23)13-17/h3-7,13-16,19,22,25-26H,8-12H2,1-2H3. The molecule has 2 aliphatic rings. The minimum atomic E-state index is -3.33. The number of pyridine rings is 1. The molecule has 0 aliphatic carbocycles. The fourth-order valence-corrected chi connectivity index (χ4v) is 7.06. The largest absolute Gasteiger partial charge is 0.261 e. The highest BCUT2D eigenvalue weighted by Crippen LogP contribution is 2.30. The van der Waals surface area contributed by atoms with E-state index >= 15 is 0 Å². The van der Waals surface area contributed by atoms with Crippen molar-refractivity contribution in [2.75, 3.05) is 13.1 Å². The number of rotatable bonds is 5. The molecule has 1 aromatic heterocycles. The third-order valence-electron chi connectivity index (χ3n) is 6.25. The molecule has 0 radical (unpaired) electrons. The molecule has 3 heterocycles. The fourth-order valence-electron chi connectivity index (χ4n) is 4.62. The van der Waals surface area contributed by atoms with Gasteiger partial charge in [-0.3, -0.25) is 15.8 Å². The van der Waals surface area contributed by atoms with E-state index in [0.29, 0.717) is 19.0 Å². The summed E-state index contributed by atoms with van der Waals surface area (Å²) in [5, 5.41) is 0.310. The summed E-state index contributed by atoms with van der Waals surface area (Å²) in [6.07, 6.45) is 4.33. The van der Waals surface area contributed by atoms with Gasteiger partial charge in [0.15, 0.2) is 0 Å². The van der Waals surface area contributed by atoms with Crippen LogP contribution in [0.25, 0.3) is 0 Å². The summed E-state index contributed by atoms with van der Waals surface area (Å²) >= 11 is 6.07. The van der Waals surface area contributed by atoms with Crippen molar-refractivity contribution >= 4 is 21.6 Å². The Labute approximate surface area is 184 Å². The van der Waals surface area contributed by atoms with E-state index in [1.165, 1.54) is 0 Å². The highest BCUT2D eigenvalue weighted by Gasteiger charge is 2.44. The van der Waals surface area contributed by atoms with Crippen molar-refractivity contribution in [1.82, 2.24) is 20.1 Å². The van der Waals surface area contributed by atoms with Crippen LogP contribution in [-0.2, 0) is 16.4 Å². The molecule has 2 aromatic rings. The molecule has 8 heteroatoms. The lowest BCUT2D eigenvalue weighted by atomic mass is 9.93. The maximum Gasteiger partial charge on any atom is 0.220 e. The van der Waals surface area contributed by atoms with E-state index in [0.717, 1.165) is 41.1 Å². The van der Waals surface area contributed by atoms with Gasteiger partial charge >= 0.3 is 0 Å². The minimum absolute atomic E-state index is 0.101. The molecule has 2 saturated heterocycles. The first-order valence-electron chi connectivity index (χ1n) is 10.5. The SMILES string of the molecule is CC1NNC(C)C1S(=O)(=O)N1CCC(c2ccc(Cc3cccc(Cl)c3)cn2)CC1. The van der Waals surface area contributed by atoms with Crippen molar-refractivity contribution in [3.8, 4) is 0 Å². The molecular formula is C22H29ClN4O2S. The third kappa shape index (κ3) is 4.55. The smallest absolute Gasteiger partial charge is 0.220 e. The zero-order chi connectivity index (χ0) is 21.3. The van der Waals surface area contributed by atoms with Crippen molar-refractivity contribution in [1.29, 1.82) is 0 Å². The summed E-state index contributed by atoms with van der Waals surface area (Å²) in [4.78, 5) is 4.69. The normalized spacial score (nSPS) is 26.2. The van der Waals surface area contributed by atoms with Gasteiger partial charge in [0.2, 0.25) is 10.0 Å². The van der Waals surface area contributed by atoms with E-state index in [2.05, 4.69) is 34.0 Å². The number of aromatic nitrogens is 1. The van der Waals surface area contributed by atoms with E-state index in [4.69, 9.17) is 11.6 Å². The number of sulfonamides is 1. The summed E-state index contributed by atoms with van der Waals surface area (Å²) in [7, 11) is -3.33. The first-order chi connectivity index (χ1) is 14.3. The predicted molar refractivity (Wildman–Crippen MR) is 120 cm³/mol. The van der Waals surface area contributed by atoms with Gasteiger partial charge in [-0.15, -0.1) is 0 Å². The third-order valence-corrected chi connectivity index (χ3v) is 9.07. The molecule has 2 unspecified atom stereocenters. The van der Waals surface area contributed by atoms with Crippen molar-refractivity contribution in [3.63, 3.8) is 0 Å². The van der Waals surface area contributed by atoms with Gasteiger partial charge < -0.3 is 0 Å². The van der Waals surface area contributed by atoms with Crippen LogP contribution in [0.15, 0.2) is 42.6 Å². The van der Waals surface area contributed by atoms with Crippen LogP contribution in [0.4, 0.5) is 0 Å². The quantitative estimate of drug-likeness (QED) is 0.735. The lowest BCUT2D eigenvalue weighted by Gasteiger charge is -2.34. The van der Waals surface area contributed by atoms with Gasteiger partial charge in [-0.05, 0) is 62.4 Å². The minimum Gasteiger partial charge on any atom is -0.261 e. The molecule has 0 amide bonds. The highest BCUT2D eigenvalue weighted by molar-refractivity contribution is 7.89. The van der Waals surface area contributed by atoms with Gasteiger partial charge in [-0.2, -0.15) is 0 Å². The Morgan fingerprint density at radius 1 is 1.07 bits per heavy atom. The van der Waals surface area contributed by atoms with Crippen LogP contribution in [0, 0.1) is 0 Å². The van der Waals surface area contributed by atoms with Crippen molar-refractivity contribution in [3.05, 3.63) is 64.4 Å². The van der Waals surface area contributed by atoms with Gasteiger partial charge in [0, 0.05) is 48.0 Å². The second kappa shape index (κ2) is 8.93. The summed E-state index contributed by atoms with van der Waals surface area (Å²) in [5.41, 5.74) is 9.46. The zero-order valence-corrected chi connectivity index (χ0v) is 19.0. The monoisotopic (exact) mass is 448 g/mol. The Balaban J connectivity index is 1.37. The Kier molecular flexibility index (Phi) is 6.46. The topological polar surface area (TPSA) is 74.3 Å². The predicted octanol–water partition coefficient (Wildman–Crippen LogP) is 3.09. The van der Waals surface area contributed by atoms with Crippen LogP contribution in [-0.4, -0.2) is 48.1 Å². The Bertz CT molecular complexity index is 965. The molecule has 0 spiro atoms. The number of nitrogens with one attached hydrogen (secondary N) is 2. The summed E-state index contributed by atoms with van der Waals surface area (Å²) in [6.45, 7) is 4.93. The molecule has 2 atom stereocenters. The van der Waals surface area contributed by atoms with Gasteiger partial charge in [0.05, 0.1) is 0 Å². The average Bonchev–Trinajstić information content (AvgIpc) is 3.07. The van der Waals surface area contributed by atoms with Gasteiger partial charge in [-0.25, -0.2) is 12.7 Å². The van der Waals surface area contributed by atoms with E-state index in [1.807, 2.05) is 38.2 Å². The molecule has 0 bridgehead atoms. The fraction of sp³-hybridized carbons (Fsp3) is 0.500. The molecule has 4 rings (SSSR count). The molecule has 1 aromatic carbocycles. The maximum absolute atomic E-state index is 13.1. The molecule has 2 fully saturated rings. The van der Waals surface area contributed by atoms with Crippen molar-refractivity contribution in [2.45, 2.75) is 56.4 Å². The van der Waals surface area contributed by atoms with Crippen LogP contribution in [0.2, 0.25) is 5.02 Å². The summed E-state index contributed by atoms with van der Waals surface area (Å²) in [6, 6.07) is 11.9. The van der Waals surface area contributed by atoms with Crippen molar-refractivity contribution < 1.29 is 8.42 Å². The van der Waals surface area contributed by atoms with E-state index in [9.17, 15) is 8.42 Å². The number of halogens is 1. The van der Waals surface area contributed by atoms with Gasteiger partial charge in [0.1, 0.15) is 5.25 Å². The number of piperidine rings is 1. The van der Waals surface area contributed by atoms with E-state index in [1.54, 1.807) is 4.31 Å². The molecule has 30 heavy (non-hydrogen) atoms. The van der Waals surface area contributed by atoms with Crippen LogP contribution >= 0.6 is 11.6 Å². The summed E-state index contributed by atoms with van der Waals surface area (Å²) < 4.78 is 27.9. The maximum atomic E-state index is 13.1. The molecule has 162 valence electrons. The molecule has 6 nitrogen and oxygen atoms in total. The van der Waals surface area contributed by atoms with Crippen LogP contribution in [0.3, 0.4) is 0 Å². The molecule has 2 N–H and O–H groups in total. The number of nitrogens with zero attached hydrogens (tertiary/aromatic N) is 2. The number of hydrazine groups is 1. The Hall–Kier alpha value is -1.51. The second-order valence-corrected chi connectivity index (χ2v) is 11.0. The summed E-state index contributed by atoms with van der Waals surface area (Å²) in [5.74, 6) is 0.298. The first kappa shape index (κ1) is 21.7. The Morgan fingerprint density at radius 2 is 1.77 bits per heavy atom. The average molecular weight is 449 g/mol. The first-order valence-corrected chi connectivity index (χ1v) is 12.4. The second-order valence-electron chi connectivity index (χ2n) is 8.45. The Morgan fingerprint density at radius 3 is 2.37 bits per heavy atom. The van der Waals surface area contributed by atoms with Crippen molar-refractivity contribution in [2.24, 2.45) is 0 Å². The van der Waals surface area contributed by atoms with Crippen LogP contribution in [0.5, 0.6) is 0 Å². The highest BCUT2D eigenvalue weighted by atomic mass is 35.5. The number of benzene rings is 1. The molecular weight excluding hydrogens is 420 g/mol. The lowest BCUT2D eigenvalue weighted by molar-refractivity contribution is 0.311. The van der Waals surface area contributed by atoms with Gasteiger partial charge in [-0.1, -0.05) is 29.8 Å². The number of hydrogen-bond donors (Lipinski definition) is 2. The van der Waals surface area contributed by atoms with E-state index < -0.39 is 15.3 Å². The van der Waals surface area contributed by atoms with E-state index in [-0.39, 0.29) is 12.1 Å². The molecule has 2 aliphatic heterocycles. The van der Waals surface area contributed by atoms with Crippen LogP contribution < -0.4 is 10.9 Å². The van der Waals surface area contributed by atoms with Gasteiger partial charge in [0.25, 0.3) is 0 Å².